The van der Waals surface area contributed by atoms with E-state index in [0.717, 1.165) is 11.8 Å². The van der Waals surface area contributed by atoms with Crippen molar-refractivity contribution in [2.45, 2.75) is 44.0 Å². The van der Waals surface area contributed by atoms with Gasteiger partial charge in [-0.2, -0.15) is 16.4 Å². The molecule has 0 aromatic heterocycles. The van der Waals surface area contributed by atoms with Gasteiger partial charge in [0.15, 0.2) is 0 Å². The van der Waals surface area contributed by atoms with Gasteiger partial charge in [0.05, 0.1) is 0 Å². The molecular formula is C18H29AlN-. The van der Waals surface area contributed by atoms with Crippen LogP contribution in [0.2, 0.25) is 16.4 Å². The van der Waals surface area contributed by atoms with Crippen molar-refractivity contribution < 1.29 is 0 Å². The van der Waals surface area contributed by atoms with E-state index >= 15 is 0 Å². The van der Waals surface area contributed by atoms with Crippen LogP contribution in [0.25, 0.3) is 6.08 Å². The van der Waals surface area contributed by atoms with Crippen LogP contribution >= 0.6 is 0 Å². The van der Waals surface area contributed by atoms with Gasteiger partial charge in [0, 0.05) is 0 Å². The highest BCUT2D eigenvalue weighted by Gasteiger charge is 2.25. The Labute approximate surface area is 127 Å². The topological polar surface area (TPSA) is 12.4 Å². The van der Waals surface area contributed by atoms with E-state index in [-0.39, 0.29) is 0 Å². The van der Waals surface area contributed by atoms with Gasteiger partial charge < -0.3 is 3.98 Å². The van der Waals surface area contributed by atoms with E-state index in [0.29, 0.717) is 0 Å². The second-order valence-electron chi connectivity index (χ2n) is 7.06. The van der Waals surface area contributed by atoms with Crippen molar-refractivity contribution in [3.8, 4) is 0 Å². The van der Waals surface area contributed by atoms with Crippen LogP contribution in [0.15, 0.2) is 40.4 Å². The molecule has 1 nitrogen and oxygen atoms in total. The van der Waals surface area contributed by atoms with Crippen LogP contribution in [0.1, 0.15) is 33.3 Å². The average molecular weight is 286 g/mol. The van der Waals surface area contributed by atoms with E-state index in [4.69, 9.17) is 3.98 Å². The first kappa shape index (κ1) is 17.2. The van der Waals surface area contributed by atoms with E-state index in [1.54, 1.807) is 0 Å². The number of rotatable bonds is 7. The summed E-state index contributed by atoms with van der Waals surface area (Å²) in [5, 5.41) is 2.61. The van der Waals surface area contributed by atoms with Crippen molar-refractivity contribution in [3.63, 3.8) is 0 Å². The van der Waals surface area contributed by atoms with Crippen LogP contribution in [-0.2, 0) is 0 Å². The van der Waals surface area contributed by atoms with Gasteiger partial charge in [-0.3, -0.25) is 0 Å². The number of nitrogens with zero attached hydrogens (tertiary/aromatic N) is 1. The standard InChI is InChI=1S/C9H8N.2C4H9.CH3.Al/c10-8-4-7-9-5-2-1-3-6-9;2*1-4(2)3;;/h1-8H;2*4H,1H2,2-3H3;1H3;/q-1;;;;/b7-4+;;;;. The Morgan fingerprint density at radius 1 is 1.00 bits per heavy atom. The van der Waals surface area contributed by atoms with E-state index < -0.39 is 13.3 Å². The zero-order chi connectivity index (χ0) is 15.0. The molecule has 0 unspecified atom stereocenters. The summed E-state index contributed by atoms with van der Waals surface area (Å²) in [5.41, 5.74) is 1.23. The number of hydrogen-bond donors (Lipinski definition) is 0. The molecule has 0 fully saturated rings. The highest BCUT2D eigenvalue weighted by atomic mass is 27.3. The predicted octanol–water partition coefficient (Wildman–Crippen LogP) is 5.66. The van der Waals surface area contributed by atoms with E-state index in [1.807, 2.05) is 12.3 Å². The fraction of sp³-hybridized carbons (Fsp3) is 0.500. The van der Waals surface area contributed by atoms with E-state index in [9.17, 15) is 0 Å². The summed E-state index contributed by atoms with van der Waals surface area (Å²) < 4.78 is 5.01. The first-order valence-corrected chi connectivity index (χ1v) is 11.2. The van der Waals surface area contributed by atoms with Gasteiger partial charge >= 0.3 is 0 Å². The van der Waals surface area contributed by atoms with Crippen LogP contribution in [0, 0.1) is 11.8 Å². The van der Waals surface area contributed by atoms with Crippen molar-refractivity contribution in [2.75, 3.05) is 0 Å². The second-order valence-corrected chi connectivity index (χ2v) is 11.8. The molecule has 110 valence electrons. The highest BCUT2D eigenvalue weighted by Crippen LogP contribution is 2.26. The van der Waals surface area contributed by atoms with Gasteiger partial charge in [-0.1, -0.05) is 75.9 Å². The minimum absolute atomic E-state index is 0.749. The molecule has 1 aromatic carbocycles. The van der Waals surface area contributed by atoms with Crippen LogP contribution < -0.4 is 0 Å². The number of allylic oxidation sites excluding steroid dienone is 1. The molecule has 0 aliphatic heterocycles. The molecule has 0 N–H and O–H groups in total. The van der Waals surface area contributed by atoms with E-state index in [1.165, 1.54) is 16.1 Å². The summed E-state index contributed by atoms with van der Waals surface area (Å²) in [7, 11) is 0. The van der Waals surface area contributed by atoms with Crippen LogP contribution in [0.3, 0.4) is 0 Å². The molecule has 0 saturated carbocycles. The Bertz CT molecular complexity index is 422. The van der Waals surface area contributed by atoms with E-state index in [2.05, 4.69) is 69.9 Å². The number of benzene rings is 1. The third-order valence-corrected chi connectivity index (χ3v) is 8.39. The maximum absolute atomic E-state index is 5.01. The zero-order valence-corrected chi connectivity index (χ0v) is 14.9. The van der Waals surface area contributed by atoms with Crippen molar-refractivity contribution in [2.24, 2.45) is 15.8 Å². The molecule has 0 bridgehead atoms. The fourth-order valence-corrected chi connectivity index (χ4v) is 8.24. The summed E-state index contributed by atoms with van der Waals surface area (Å²) in [6.45, 7) is 9.25. The Hall–Kier alpha value is -0.838. The first-order chi connectivity index (χ1) is 9.41. The minimum atomic E-state index is -1.81. The van der Waals surface area contributed by atoms with Gasteiger partial charge in [-0.15, -0.1) is 0 Å². The fourth-order valence-electron chi connectivity index (χ4n) is 3.22. The Morgan fingerprint density at radius 3 is 2.05 bits per heavy atom. The Kier molecular flexibility index (Phi) is 7.27. The van der Waals surface area contributed by atoms with Crippen LogP contribution in [0.5, 0.6) is 0 Å². The lowest BCUT2D eigenvalue weighted by Crippen LogP contribution is -2.31. The van der Waals surface area contributed by atoms with Crippen molar-refractivity contribution in [3.05, 3.63) is 42.0 Å². The molecule has 0 saturated heterocycles. The third kappa shape index (κ3) is 7.08. The Morgan fingerprint density at radius 2 is 1.55 bits per heavy atom. The van der Waals surface area contributed by atoms with Crippen molar-refractivity contribution in [1.82, 2.24) is 0 Å². The Balaban J connectivity index is 2.69. The van der Waals surface area contributed by atoms with Crippen molar-refractivity contribution >= 4 is 25.6 Å². The summed E-state index contributed by atoms with van der Waals surface area (Å²) in [6, 6.07) is 10.4. The molecule has 1 aromatic rings. The summed E-state index contributed by atoms with van der Waals surface area (Å²) >= 11 is -1.81. The zero-order valence-electron chi connectivity index (χ0n) is 13.7. The molecule has 0 heterocycles. The van der Waals surface area contributed by atoms with Gasteiger partial charge in [-0.05, 0) is 17.9 Å². The maximum atomic E-state index is 5.01. The first-order valence-electron chi connectivity index (χ1n) is 7.90. The lowest BCUT2D eigenvalue weighted by Gasteiger charge is -2.31. The minimum Gasteiger partial charge on any atom is -0.558 e. The molecule has 1 rings (SSSR count). The van der Waals surface area contributed by atoms with Gasteiger partial charge in [0.2, 0.25) is 0 Å². The molecule has 20 heavy (non-hydrogen) atoms. The van der Waals surface area contributed by atoms with Gasteiger partial charge in [-0.25, -0.2) is 0 Å². The summed E-state index contributed by atoms with van der Waals surface area (Å²) in [6.07, 6.45) is 6.27. The SMILES string of the molecule is CC(C)[CH2][Al-]([CH3])([CH2]C(C)C)/[N]=C/C=C/c1ccccc1. The van der Waals surface area contributed by atoms with Gasteiger partial charge in [0.1, 0.15) is 0 Å². The molecule has 0 amide bonds. The monoisotopic (exact) mass is 286 g/mol. The lowest BCUT2D eigenvalue weighted by atomic mass is 10.2. The molecule has 0 spiro atoms. The molecule has 0 aliphatic carbocycles. The van der Waals surface area contributed by atoms with Gasteiger partial charge in [0.25, 0.3) is 13.3 Å². The van der Waals surface area contributed by atoms with Crippen LogP contribution in [0.4, 0.5) is 0 Å². The smallest absolute Gasteiger partial charge is 0.273 e. The normalized spacial score (nSPS) is 13.2. The van der Waals surface area contributed by atoms with Crippen LogP contribution in [-0.4, -0.2) is 19.5 Å². The number of hydrogen-bond acceptors (Lipinski definition) is 1. The largest absolute Gasteiger partial charge is 0.558 e. The molecule has 0 atom stereocenters. The average Bonchev–Trinajstić information content (AvgIpc) is 2.34. The summed E-state index contributed by atoms with van der Waals surface area (Å²) in [5.74, 6) is 3.94. The van der Waals surface area contributed by atoms with Crippen molar-refractivity contribution in [1.29, 1.82) is 0 Å². The molecular weight excluding hydrogens is 257 g/mol. The summed E-state index contributed by atoms with van der Waals surface area (Å²) in [4.78, 5) is 0. The molecule has 0 radical (unpaired) electrons. The third-order valence-electron chi connectivity index (χ3n) is 3.58. The molecule has 2 heteroatoms. The molecule has 0 aliphatic rings. The second kappa shape index (κ2) is 8.45. The lowest BCUT2D eigenvalue weighted by molar-refractivity contribution is 0.678. The predicted molar refractivity (Wildman–Crippen MR) is 94.9 cm³/mol. The highest BCUT2D eigenvalue weighted by molar-refractivity contribution is 6.77. The maximum Gasteiger partial charge on any atom is 0.273 e. The quantitative estimate of drug-likeness (QED) is 0.453.